The van der Waals surface area contributed by atoms with Gasteiger partial charge in [-0.2, -0.15) is 0 Å². The maximum Gasteiger partial charge on any atom is 0.319 e. The van der Waals surface area contributed by atoms with Gasteiger partial charge in [0.15, 0.2) is 0 Å². The molecule has 2 aliphatic carbocycles. The van der Waals surface area contributed by atoms with E-state index in [0.29, 0.717) is 11.8 Å². The molecule has 6 aliphatic rings. The Labute approximate surface area is 294 Å². The first kappa shape index (κ1) is 32.1. The van der Waals surface area contributed by atoms with Crippen LogP contribution in [0.3, 0.4) is 0 Å². The van der Waals surface area contributed by atoms with Gasteiger partial charge < -0.3 is 19.4 Å². The van der Waals surface area contributed by atoms with E-state index in [2.05, 4.69) is 89.2 Å². The van der Waals surface area contributed by atoms with Crippen molar-refractivity contribution in [2.24, 2.45) is 23.7 Å². The zero-order chi connectivity index (χ0) is 34.5. The first-order chi connectivity index (χ1) is 24.3. The molecule has 8 heteroatoms. The van der Waals surface area contributed by atoms with Gasteiger partial charge in [0.1, 0.15) is 5.41 Å². The Hall–Kier alpha value is -3.88. The Morgan fingerprint density at radius 1 is 1.02 bits per heavy atom. The largest absolute Gasteiger partial charge is 0.469 e. The number of carbonyl (C=O) groups excluding carboxylic acids is 2. The van der Waals surface area contributed by atoms with Crippen LogP contribution in [-0.4, -0.2) is 84.7 Å². The van der Waals surface area contributed by atoms with Crippen LogP contribution in [0.2, 0.25) is 0 Å². The maximum atomic E-state index is 14.3. The van der Waals surface area contributed by atoms with Crippen LogP contribution >= 0.6 is 0 Å². The van der Waals surface area contributed by atoms with E-state index in [-0.39, 0.29) is 41.8 Å². The number of hydrogen-bond donors (Lipinski definition) is 2. The number of para-hydroxylation sites is 2. The van der Waals surface area contributed by atoms with Crippen LogP contribution in [0.4, 0.5) is 0 Å². The highest BCUT2D eigenvalue weighted by Gasteiger charge is 2.63. The third-order valence-electron chi connectivity index (χ3n) is 13.9. The topological polar surface area (TPSA) is 90.7 Å². The van der Waals surface area contributed by atoms with Crippen molar-refractivity contribution in [2.75, 3.05) is 40.9 Å². The van der Waals surface area contributed by atoms with E-state index in [0.717, 1.165) is 68.5 Å². The van der Waals surface area contributed by atoms with E-state index in [1.165, 1.54) is 52.3 Å². The molecule has 2 aromatic heterocycles. The minimum absolute atomic E-state index is 0.00312. The van der Waals surface area contributed by atoms with Crippen LogP contribution in [0, 0.1) is 23.7 Å². The average molecular weight is 675 g/mol. The SMILES string of the molecule is C/C=C1/CN(C)[C@H]2Cc3c([nH]c4ccccc34)[C@H](c3cccc4c5c([nH]c34)[C@]3(C(=O)OC)C[C@H]4C[C@H](CC)[C@@H]3N(CC5)C4)C[C@@H]1[C@@H]2C(=O)OC. The van der Waals surface area contributed by atoms with Crippen LogP contribution in [0.1, 0.15) is 73.5 Å². The second kappa shape index (κ2) is 11.8. The smallest absolute Gasteiger partial charge is 0.319 e. The van der Waals surface area contributed by atoms with Gasteiger partial charge in [0, 0.05) is 70.8 Å². The molecule has 0 spiro atoms. The molecule has 1 saturated carbocycles. The van der Waals surface area contributed by atoms with Crippen LogP contribution in [0.15, 0.2) is 54.1 Å². The summed E-state index contributed by atoms with van der Waals surface area (Å²) in [7, 11) is 5.26. The Kier molecular flexibility index (Phi) is 7.59. The molecule has 8 nitrogen and oxygen atoms in total. The van der Waals surface area contributed by atoms with Crippen LogP contribution in [-0.2, 0) is 37.3 Å². The Balaban J connectivity index is 1.28. The molecule has 262 valence electrons. The first-order valence-electron chi connectivity index (χ1n) is 18.8. The fraction of sp³-hybridized carbons (Fsp3) is 0.524. The molecule has 6 bridgehead atoms. The number of fused-ring (bicyclic) bond motifs is 9. The van der Waals surface area contributed by atoms with Crippen LogP contribution in [0.5, 0.6) is 0 Å². The number of allylic oxidation sites excluding steroid dienone is 1. The molecule has 50 heavy (non-hydrogen) atoms. The van der Waals surface area contributed by atoms with Gasteiger partial charge in [0.05, 0.1) is 20.1 Å². The van der Waals surface area contributed by atoms with Gasteiger partial charge in [0.2, 0.25) is 0 Å². The second-order valence-electron chi connectivity index (χ2n) is 15.9. The van der Waals surface area contributed by atoms with E-state index in [1.54, 1.807) is 7.11 Å². The number of nitrogens with zero attached hydrogens (tertiary/aromatic N) is 2. The lowest BCUT2D eigenvalue weighted by Gasteiger charge is -2.57. The fourth-order valence-corrected chi connectivity index (χ4v) is 11.9. The average Bonchev–Trinajstić information content (AvgIpc) is 3.67. The van der Waals surface area contributed by atoms with Crippen molar-refractivity contribution in [3.8, 4) is 0 Å². The number of esters is 2. The van der Waals surface area contributed by atoms with Gasteiger partial charge in [-0.1, -0.05) is 61.4 Å². The highest BCUT2D eigenvalue weighted by Crippen LogP contribution is 2.56. The van der Waals surface area contributed by atoms with Crippen LogP contribution in [0.25, 0.3) is 21.8 Å². The summed E-state index contributed by atoms with van der Waals surface area (Å²) >= 11 is 0. The molecule has 2 aromatic carbocycles. The highest BCUT2D eigenvalue weighted by atomic mass is 16.5. The molecule has 0 radical (unpaired) electrons. The zero-order valence-electron chi connectivity index (χ0n) is 30.1. The molecule has 6 heterocycles. The summed E-state index contributed by atoms with van der Waals surface area (Å²) in [6.07, 6.45) is 7.77. The predicted molar refractivity (Wildman–Crippen MR) is 195 cm³/mol. The predicted octanol–water partition coefficient (Wildman–Crippen LogP) is 6.48. The summed E-state index contributed by atoms with van der Waals surface area (Å²) in [6, 6.07) is 15.5. The third kappa shape index (κ3) is 4.36. The monoisotopic (exact) mass is 674 g/mol. The highest BCUT2D eigenvalue weighted by molar-refractivity contribution is 5.94. The molecule has 9 atom stereocenters. The minimum atomic E-state index is -0.707. The summed E-state index contributed by atoms with van der Waals surface area (Å²) in [5, 5.41) is 2.44. The van der Waals surface area contributed by atoms with E-state index >= 15 is 0 Å². The van der Waals surface area contributed by atoms with Crippen molar-refractivity contribution < 1.29 is 19.1 Å². The van der Waals surface area contributed by atoms with Crippen molar-refractivity contribution in [3.05, 3.63) is 82.2 Å². The lowest BCUT2D eigenvalue weighted by Crippen LogP contribution is -2.67. The molecular weight excluding hydrogens is 624 g/mol. The van der Waals surface area contributed by atoms with E-state index in [9.17, 15) is 9.59 Å². The number of likely N-dealkylation sites (N-methyl/N-ethyl adjacent to an activating group) is 1. The number of methoxy groups -OCH3 is 2. The van der Waals surface area contributed by atoms with Gasteiger partial charge in [-0.05, 0) is 86.6 Å². The van der Waals surface area contributed by atoms with Crippen LogP contribution < -0.4 is 0 Å². The number of nitrogens with one attached hydrogen (secondary N) is 2. The Bertz CT molecular complexity index is 2040. The maximum absolute atomic E-state index is 14.3. The summed E-state index contributed by atoms with van der Waals surface area (Å²) in [4.78, 5) is 41.0. The number of piperidine rings is 3. The van der Waals surface area contributed by atoms with Crippen molar-refractivity contribution in [3.63, 3.8) is 0 Å². The molecule has 4 aromatic rings. The quantitative estimate of drug-likeness (QED) is 0.190. The van der Waals surface area contributed by atoms with Gasteiger partial charge >= 0.3 is 11.9 Å². The molecule has 4 aliphatic heterocycles. The molecule has 1 unspecified atom stereocenters. The Morgan fingerprint density at radius 3 is 2.62 bits per heavy atom. The summed E-state index contributed by atoms with van der Waals surface area (Å²) in [5.74, 6) is 0.488. The van der Waals surface area contributed by atoms with Crippen molar-refractivity contribution >= 4 is 33.7 Å². The molecular formula is C42H50N4O4. The molecule has 3 saturated heterocycles. The molecule has 10 rings (SSSR count). The number of benzene rings is 2. The number of rotatable bonds is 4. The number of carbonyl (C=O) groups is 2. The van der Waals surface area contributed by atoms with E-state index in [1.807, 2.05) is 0 Å². The summed E-state index contributed by atoms with van der Waals surface area (Å²) in [5.41, 5.74) is 8.97. The second-order valence-corrected chi connectivity index (χ2v) is 15.9. The molecule has 4 fully saturated rings. The third-order valence-corrected chi connectivity index (χ3v) is 13.9. The number of hydrogen-bond acceptors (Lipinski definition) is 6. The minimum Gasteiger partial charge on any atom is -0.469 e. The lowest BCUT2D eigenvalue weighted by atomic mass is 9.56. The summed E-state index contributed by atoms with van der Waals surface area (Å²) in [6.45, 7) is 7.27. The van der Waals surface area contributed by atoms with Crippen molar-refractivity contribution in [1.82, 2.24) is 19.8 Å². The van der Waals surface area contributed by atoms with Gasteiger partial charge in [-0.25, -0.2) is 0 Å². The fourth-order valence-electron chi connectivity index (χ4n) is 11.9. The normalized spacial score (nSPS) is 34.1. The van der Waals surface area contributed by atoms with Crippen molar-refractivity contribution in [2.45, 2.75) is 75.8 Å². The number of H-pyrrole nitrogens is 2. The van der Waals surface area contributed by atoms with E-state index < -0.39 is 5.41 Å². The van der Waals surface area contributed by atoms with E-state index in [4.69, 9.17) is 9.47 Å². The summed E-state index contributed by atoms with van der Waals surface area (Å²) < 4.78 is 11.3. The number of aromatic amines is 2. The van der Waals surface area contributed by atoms with Gasteiger partial charge in [-0.15, -0.1) is 0 Å². The van der Waals surface area contributed by atoms with Crippen molar-refractivity contribution in [1.29, 1.82) is 0 Å². The van der Waals surface area contributed by atoms with Gasteiger partial charge in [-0.3, -0.25) is 19.4 Å². The number of likely N-dealkylation sites (tertiary alicyclic amines) is 1. The zero-order valence-corrected chi connectivity index (χ0v) is 30.1. The standard InChI is InChI=1S/C42H50N4O4/c1-6-24-17-23-20-42(41(48)50-5)38-29(15-16-46(21-23)39(24)42)27-12-10-13-28(36(27)44-38)31-18-30-25(7-2)22-45(3)34(35(30)40(47)49-4)19-32-26-11-8-9-14-33(26)43-37(31)32/h7-14,23-24,30-31,34-35,39,43-44H,6,15-22H2,1-5H3/b25-7-/t23-,24+,30+,31+,34+,35+,39+,42-/m1/s1. The first-order valence-corrected chi connectivity index (χ1v) is 18.8. The lowest BCUT2D eigenvalue weighted by molar-refractivity contribution is -0.162. The molecule has 2 N–H and O–H groups in total. The molecule has 0 amide bonds. The number of ether oxygens (including phenoxy) is 2. The Morgan fingerprint density at radius 2 is 1.84 bits per heavy atom. The van der Waals surface area contributed by atoms with Gasteiger partial charge in [0.25, 0.3) is 0 Å². The number of aromatic nitrogens is 2.